The van der Waals surface area contributed by atoms with Crippen LogP contribution in [0.4, 0.5) is 5.69 Å². The SMILES string of the molecule is CN(C)C(=O)C1CNCCN1c1cn[nH]c(=O)c1Cl. The van der Waals surface area contributed by atoms with Crippen LogP contribution in [0.25, 0.3) is 0 Å². The van der Waals surface area contributed by atoms with E-state index in [2.05, 4.69) is 15.5 Å². The van der Waals surface area contributed by atoms with E-state index in [1.807, 2.05) is 4.90 Å². The van der Waals surface area contributed by atoms with Crippen molar-refractivity contribution in [3.8, 4) is 0 Å². The van der Waals surface area contributed by atoms with E-state index in [0.717, 1.165) is 6.54 Å². The average Bonchev–Trinajstić information content (AvgIpc) is 2.41. The molecule has 0 aliphatic carbocycles. The summed E-state index contributed by atoms with van der Waals surface area (Å²) < 4.78 is 0. The van der Waals surface area contributed by atoms with Crippen molar-refractivity contribution in [1.82, 2.24) is 20.4 Å². The first-order valence-corrected chi connectivity index (χ1v) is 6.32. The second kappa shape index (κ2) is 5.58. The number of hydrogen-bond donors (Lipinski definition) is 2. The molecular weight excluding hydrogens is 270 g/mol. The van der Waals surface area contributed by atoms with Crippen LogP contribution in [0.1, 0.15) is 0 Å². The van der Waals surface area contributed by atoms with E-state index >= 15 is 0 Å². The second-order valence-electron chi connectivity index (χ2n) is 4.54. The fraction of sp³-hybridized carbons (Fsp3) is 0.545. The van der Waals surface area contributed by atoms with Crippen molar-refractivity contribution in [2.75, 3.05) is 38.6 Å². The maximum absolute atomic E-state index is 12.2. The van der Waals surface area contributed by atoms with Crippen molar-refractivity contribution >= 4 is 23.2 Å². The van der Waals surface area contributed by atoms with Gasteiger partial charge in [-0.05, 0) is 0 Å². The molecular formula is C11H16ClN5O2. The number of rotatable bonds is 2. The lowest BCUT2D eigenvalue weighted by Gasteiger charge is -2.38. The number of halogens is 1. The van der Waals surface area contributed by atoms with Gasteiger partial charge in [-0.1, -0.05) is 11.6 Å². The fourth-order valence-electron chi connectivity index (χ4n) is 2.09. The summed E-state index contributed by atoms with van der Waals surface area (Å²) >= 11 is 6.01. The van der Waals surface area contributed by atoms with Crippen molar-refractivity contribution in [2.45, 2.75) is 6.04 Å². The van der Waals surface area contributed by atoms with E-state index in [4.69, 9.17) is 11.6 Å². The summed E-state index contributed by atoms with van der Waals surface area (Å²) in [4.78, 5) is 27.0. The molecule has 1 aliphatic heterocycles. The molecule has 1 aromatic heterocycles. The number of nitrogens with one attached hydrogen (secondary N) is 2. The Labute approximate surface area is 115 Å². The molecule has 19 heavy (non-hydrogen) atoms. The number of H-pyrrole nitrogens is 1. The molecule has 0 radical (unpaired) electrons. The van der Waals surface area contributed by atoms with E-state index < -0.39 is 5.56 Å². The molecule has 2 N–H and O–H groups in total. The predicted octanol–water partition coefficient (Wildman–Crippen LogP) is -0.710. The van der Waals surface area contributed by atoms with E-state index in [9.17, 15) is 9.59 Å². The molecule has 2 heterocycles. The molecule has 1 saturated heterocycles. The van der Waals surface area contributed by atoms with Gasteiger partial charge in [0.05, 0.1) is 11.9 Å². The lowest BCUT2D eigenvalue weighted by molar-refractivity contribution is -0.130. The predicted molar refractivity (Wildman–Crippen MR) is 72.6 cm³/mol. The Morgan fingerprint density at radius 3 is 3.00 bits per heavy atom. The van der Waals surface area contributed by atoms with Gasteiger partial charge in [0, 0.05) is 33.7 Å². The first kappa shape index (κ1) is 13.8. The van der Waals surface area contributed by atoms with Gasteiger partial charge < -0.3 is 15.1 Å². The van der Waals surface area contributed by atoms with Crippen LogP contribution in [-0.2, 0) is 4.79 Å². The molecule has 0 spiro atoms. The van der Waals surface area contributed by atoms with E-state index in [-0.39, 0.29) is 17.0 Å². The highest BCUT2D eigenvalue weighted by atomic mass is 35.5. The van der Waals surface area contributed by atoms with Crippen molar-refractivity contribution in [3.05, 3.63) is 21.6 Å². The van der Waals surface area contributed by atoms with Crippen LogP contribution in [0.2, 0.25) is 5.02 Å². The third-order valence-electron chi connectivity index (χ3n) is 3.06. The molecule has 2 rings (SSSR count). The molecule has 0 saturated carbocycles. The molecule has 1 atom stereocenters. The van der Waals surface area contributed by atoms with Crippen molar-refractivity contribution in [2.24, 2.45) is 0 Å². The Kier molecular flexibility index (Phi) is 4.06. The summed E-state index contributed by atoms with van der Waals surface area (Å²) in [5.41, 5.74) is 0.0425. The second-order valence-corrected chi connectivity index (χ2v) is 4.92. The summed E-state index contributed by atoms with van der Waals surface area (Å²) in [5.74, 6) is -0.0384. The summed E-state index contributed by atoms with van der Waals surface area (Å²) in [6.07, 6.45) is 1.48. The van der Waals surface area contributed by atoms with Crippen LogP contribution in [-0.4, -0.2) is 60.8 Å². The third-order valence-corrected chi connectivity index (χ3v) is 3.42. The number of hydrogen-bond acceptors (Lipinski definition) is 5. The Balaban J connectivity index is 2.37. The quantitative estimate of drug-likeness (QED) is 0.750. The Hall–Kier alpha value is -1.60. The number of aromatic nitrogens is 2. The van der Waals surface area contributed by atoms with E-state index in [1.165, 1.54) is 11.1 Å². The standard InChI is InChI=1S/C11H16ClN5O2/c1-16(2)11(19)8-5-13-3-4-17(8)7-6-14-15-10(18)9(7)12/h6,8,13H,3-5H2,1-2H3,(H,15,18). The van der Waals surface area contributed by atoms with Gasteiger partial charge in [0.1, 0.15) is 11.1 Å². The third kappa shape index (κ3) is 2.71. The van der Waals surface area contributed by atoms with Crippen LogP contribution in [0.3, 0.4) is 0 Å². The van der Waals surface area contributed by atoms with Crippen molar-refractivity contribution < 1.29 is 4.79 Å². The monoisotopic (exact) mass is 285 g/mol. The molecule has 1 aromatic rings. The summed E-state index contributed by atoms with van der Waals surface area (Å²) in [5, 5.41) is 9.25. The molecule has 0 aromatic carbocycles. The lowest BCUT2D eigenvalue weighted by Crippen LogP contribution is -2.58. The molecule has 1 fully saturated rings. The number of amides is 1. The van der Waals surface area contributed by atoms with Crippen LogP contribution < -0.4 is 15.8 Å². The number of carbonyl (C=O) groups is 1. The maximum Gasteiger partial charge on any atom is 0.285 e. The topological polar surface area (TPSA) is 81.3 Å². The highest BCUT2D eigenvalue weighted by Gasteiger charge is 2.31. The number of nitrogens with zero attached hydrogens (tertiary/aromatic N) is 3. The Morgan fingerprint density at radius 2 is 2.32 bits per heavy atom. The number of likely N-dealkylation sites (N-methyl/N-ethyl adjacent to an activating group) is 1. The van der Waals surface area contributed by atoms with Gasteiger partial charge in [0.15, 0.2) is 0 Å². The zero-order chi connectivity index (χ0) is 14.0. The summed E-state index contributed by atoms with van der Waals surface area (Å²) in [6, 6.07) is -0.384. The van der Waals surface area contributed by atoms with Crippen LogP contribution in [0.5, 0.6) is 0 Å². The van der Waals surface area contributed by atoms with Crippen molar-refractivity contribution in [3.63, 3.8) is 0 Å². The minimum atomic E-state index is -0.450. The number of anilines is 1. The maximum atomic E-state index is 12.2. The van der Waals surface area contributed by atoms with Gasteiger partial charge in [-0.3, -0.25) is 9.59 Å². The molecule has 1 unspecified atom stereocenters. The largest absolute Gasteiger partial charge is 0.355 e. The number of carbonyl (C=O) groups excluding carboxylic acids is 1. The molecule has 104 valence electrons. The van der Waals surface area contributed by atoms with Crippen LogP contribution in [0, 0.1) is 0 Å². The minimum Gasteiger partial charge on any atom is -0.355 e. The zero-order valence-electron chi connectivity index (χ0n) is 10.8. The lowest BCUT2D eigenvalue weighted by atomic mass is 10.1. The first-order chi connectivity index (χ1) is 9.02. The average molecular weight is 286 g/mol. The van der Waals surface area contributed by atoms with Crippen LogP contribution >= 0.6 is 11.6 Å². The number of piperazine rings is 1. The highest BCUT2D eigenvalue weighted by molar-refractivity contribution is 6.33. The van der Waals surface area contributed by atoms with E-state index in [0.29, 0.717) is 18.8 Å². The van der Waals surface area contributed by atoms with Gasteiger partial charge in [-0.2, -0.15) is 5.10 Å². The summed E-state index contributed by atoms with van der Waals surface area (Å²) in [6.45, 7) is 1.83. The normalized spacial score (nSPS) is 19.3. The van der Waals surface area contributed by atoms with Gasteiger partial charge in [0.25, 0.3) is 5.56 Å². The zero-order valence-corrected chi connectivity index (χ0v) is 11.6. The fourth-order valence-corrected chi connectivity index (χ4v) is 2.29. The first-order valence-electron chi connectivity index (χ1n) is 5.94. The van der Waals surface area contributed by atoms with E-state index in [1.54, 1.807) is 14.1 Å². The van der Waals surface area contributed by atoms with Crippen LogP contribution in [0.15, 0.2) is 11.0 Å². The van der Waals surface area contributed by atoms with Crippen molar-refractivity contribution in [1.29, 1.82) is 0 Å². The van der Waals surface area contributed by atoms with Gasteiger partial charge >= 0.3 is 0 Å². The molecule has 1 aliphatic rings. The minimum absolute atomic E-state index is 0.0384. The summed E-state index contributed by atoms with van der Waals surface area (Å²) in [7, 11) is 3.40. The molecule has 7 nitrogen and oxygen atoms in total. The Bertz CT molecular complexity index is 530. The molecule has 1 amide bonds. The highest BCUT2D eigenvalue weighted by Crippen LogP contribution is 2.23. The number of aromatic amines is 1. The Morgan fingerprint density at radius 1 is 1.58 bits per heavy atom. The smallest absolute Gasteiger partial charge is 0.285 e. The van der Waals surface area contributed by atoms with Gasteiger partial charge in [-0.25, -0.2) is 5.10 Å². The van der Waals surface area contributed by atoms with Gasteiger partial charge in [0.2, 0.25) is 5.91 Å². The van der Waals surface area contributed by atoms with Gasteiger partial charge in [-0.15, -0.1) is 0 Å². The molecule has 0 bridgehead atoms. The molecule has 8 heteroatoms.